The zero-order valence-corrected chi connectivity index (χ0v) is 18.2. The summed E-state index contributed by atoms with van der Waals surface area (Å²) >= 11 is 0. The minimum atomic E-state index is -1.45. The summed E-state index contributed by atoms with van der Waals surface area (Å²) in [6, 6.07) is 15.3. The van der Waals surface area contributed by atoms with E-state index in [-0.39, 0.29) is 19.5 Å². The van der Waals surface area contributed by atoms with Crippen LogP contribution in [0.1, 0.15) is 37.6 Å². The lowest BCUT2D eigenvalue weighted by molar-refractivity contribution is -0.0948. The van der Waals surface area contributed by atoms with Gasteiger partial charge in [0.1, 0.15) is 37.0 Å². The molecule has 0 saturated carbocycles. The number of aliphatic hydroxyl groups is 1. The number of rotatable bonds is 7. The molecule has 3 unspecified atom stereocenters. The Labute approximate surface area is 182 Å². The van der Waals surface area contributed by atoms with Gasteiger partial charge in [-0.1, -0.05) is 36.4 Å². The van der Waals surface area contributed by atoms with Crippen molar-refractivity contribution in [2.45, 2.75) is 43.9 Å². The molecule has 0 aliphatic carbocycles. The van der Waals surface area contributed by atoms with Gasteiger partial charge in [-0.05, 0) is 43.5 Å². The molecule has 2 aliphatic rings. The molecule has 3 atom stereocenters. The van der Waals surface area contributed by atoms with E-state index in [9.17, 15) is 9.50 Å². The highest BCUT2D eigenvalue weighted by Gasteiger charge is 2.51. The molecule has 0 amide bonds. The van der Waals surface area contributed by atoms with Crippen molar-refractivity contribution in [3.63, 3.8) is 0 Å². The zero-order valence-electron chi connectivity index (χ0n) is 18.2. The van der Waals surface area contributed by atoms with Crippen LogP contribution in [0.15, 0.2) is 48.5 Å². The van der Waals surface area contributed by atoms with E-state index in [2.05, 4.69) is 12.1 Å². The first-order valence-electron chi connectivity index (χ1n) is 10.6. The Hall–Kier alpha value is -2.19. The SMILES string of the molecule is COc1cc(C(O)N2CCC3(c4ccccc4)OCOC3C2)ccc1OCC(C)(C)F. The minimum absolute atomic E-state index is 0.0853. The number of likely N-dealkylation sites (tertiary alicyclic amines) is 1. The van der Waals surface area contributed by atoms with Crippen LogP contribution in [-0.4, -0.2) is 55.4 Å². The van der Waals surface area contributed by atoms with Gasteiger partial charge in [0.25, 0.3) is 0 Å². The first-order chi connectivity index (χ1) is 14.8. The molecule has 2 aromatic carbocycles. The van der Waals surface area contributed by atoms with Crippen molar-refractivity contribution < 1.29 is 28.4 Å². The van der Waals surface area contributed by atoms with E-state index in [1.807, 2.05) is 23.1 Å². The van der Waals surface area contributed by atoms with Crippen molar-refractivity contribution in [2.75, 3.05) is 33.6 Å². The number of hydrogen-bond donors (Lipinski definition) is 1. The number of methoxy groups -OCH3 is 1. The van der Waals surface area contributed by atoms with Crippen LogP contribution in [0.25, 0.3) is 0 Å². The number of hydrogen-bond acceptors (Lipinski definition) is 6. The Morgan fingerprint density at radius 3 is 2.71 bits per heavy atom. The fourth-order valence-corrected chi connectivity index (χ4v) is 4.28. The Balaban J connectivity index is 1.49. The predicted octanol–water partition coefficient (Wildman–Crippen LogP) is 3.79. The number of nitrogens with zero attached hydrogens (tertiary/aromatic N) is 1. The molecule has 0 radical (unpaired) electrons. The van der Waals surface area contributed by atoms with Crippen LogP contribution in [0.4, 0.5) is 4.39 Å². The molecular formula is C24H30FNO5. The smallest absolute Gasteiger partial charge is 0.161 e. The van der Waals surface area contributed by atoms with Crippen LogP contribution in [0, 0.1) is 0 Å². The van der Waals surface area contributed by atoms with Gasteiger partial charge in [0.05, 0.1) is 7.11 Å². The van der Waals surface area contributed by atoms with E-state index < -0.39 is 17.5 Å². The fourth-order valence-electron chi connectivity index (χ4n) is 4.28. The van der Waals surface area contributed by atoms with Crippen molar-refractivity contribution in [1.29, 1.82) is 0 Å². The maximum absolute atomic E-state index is 13.8. The number of alkyl halides is 1. The third-order valence-corrected chi connectivity index (χ3v) is 5.94. The second kappa shape index (κ2) is 8.74. The first-order valence-corrected chi connectivity index (χ1v) is 10.6. The predicted molar refractivity (Wildman–Crippen MR) is 114 cm³/mol. The summed E-state index contributed by atoms with van der Waals surface area (Å²) in [7, 11) is 1.53. The molecule has 4 rings (SSSR count). The second-order valence-corrected chi connectivity index (χ2v) is 8.71. The minimum Gasteiger partial charge on any atom is -0.493 e. The third-order valence-electron chi connectivity index (χ3n) is 5.94. The monoisotopic (exact) mass is 431 g/mol. The Kier molecular flexibility index (Phi) is 6.21. The fraction of sp³-hybridized carbons (Fsp3) is 0.500. The van der Waals surface area contributed by atoms with Gasteiger partial charge in [-0.15, -0.1) is 0 Å². The number of benzene rings is 2. The van der Waals surface area contributed by atoms with Gasteiger partial charge in [0.2, 0.25) is 0 Å². The van der Waals surface area contributed by atoms with Crippen molar-refractivity contribution in [3.8, 4) is 11.5 Å². The summed E-state index contributed by atoms with van der Waals surface area (Å²) in [4.78, 5) is 1.97. The maximum atomic E-state index is 13.8. The van der Waals surface area contributed by atoms with Crippen molar-refractivity contribution in [1.82, 2.24) is 4.90 Å². The quantitative estimate of drug-likeness (QED) is 0.720. The molecule has 6 nitrogen and oxygen atoms in total. The van der Waals surface area contributed by atoms with E-state index in [1.54, 1.807) is 18.2 Å². The maximum Gasteiger partial charge on any atom is 0.161 e. The number of ether oxygens (including phenoxy) is 4. The van der Waals surface area contributed by atoms with Crippen LogP contribution in [-0.2, 0) is 15.1 Å². The van der Waals surface area contributed by atoms with Crippen LogP contribution >= 0.6 is 0 Å². The average molecular weight is 432 g/mol. The summed E-state index contributed by atoms with van der Waals surface area (Å²) in [5.74, 6) is 0.898. The van der Waals surface area contributed by atoms with E-state index in [4.69, 9.17) is 18.9 Å². The van der Waals surface area contributed by atoms with E-state index in [0.29, 0.717) is 36.6 Å². The molecule has 7 heteroatoms. The summed E-state index contributed by atoms with van der Waals surface area (Å²) in [6.45, 7) is 4.25. The standard InChI is InChI=1S/C24H30FNO5/c1-23(2,25)15-29-19-10-9-17(13-20(19)28-3)22(27)26-12-11-24(18-7-5-4-6-8-18)21(14-26)30-16-31-24/h4-10,13,21-22,27H,11-12,14-16H2,1-3H3. The van der Waals surface area contributed by atoms with E-state index >= 15 is 0 Å². The molecule has 2 heterocycles. The molecule has 168 valence electrons. The summed E-state index contributed by atoms with van der Waals surface area (Å²) in [5.41, 5.74) is -0.155. The summed E-state index contributed by atoms with van der Waals surface area (Å²) in [6.07, 6.45) is -0.295. The summed E-state index contributed by atoms with van der Waals surface area (Å²) < 4.78 is 36.7. The highest BCUT2D eigenvalue weighted by atomic mass is 19.1. The molecular weight excluding hydrogens is 401 g/mol. The van der Waals surface area contributed by atoms with Gasteiger partial charge in [-0.25, -0.2) is 4.39 Å². The van der Waals surface area contributed by atoms with E-state index in [0.717, 1.165) is 5.56 Å². The number of fused-ring (bicyclic) bond motifs is 1. The van der Waals surface area contributed by atoms with Gasteiger partial charge >= 0.3 is 0 Å². The lowest BCUT2D eigenvalue weighted by Gasteiger charge is -2.43. The molecule has 0 aromatic heterocycles. The van der Waals surface area contributed by atoms with Crippen molar-refractivity contribution in [3.05, 3.63) is 59.7 Å². The van der Waals surface area contributed by atoms with Gasteiger partial charge < -0.3 is 24.1 Å². The first kappa shape index (κ1) is 22.0. The molecule has 2 aliphatic heterocycles. The molecule has 2 aromatic rings. The average Bonchev–Trinajstić information content (AvgIpc) is 3.21. The second-order valence-electron chi connectivity index (χ2n) is 8.71. The molecule has 0 bridgehead atoms. The third kappa shape index (κ3) is 4.55. The zero-order chi connectivity index (χ0) is 22.1. The molecule has 1 N–H and O–H groups in total. The molecule has 31 heavy (non-hydrogen) atoms. The van der Waals surface area contributed by atoms with Gasteiger partial charge in [-0.2, -0.15) is 0 Å². The van der Waals surface area contributed by atoms with Crippen LogP contribution in [0.2, 0.25) is 0 Å². The normalized spacial score (nSPS) is 25.1. The Morgan fingerprint density at radius 2 is 2.00 bits per heavy atom. The highest BCUT2D eigenvalue weighted by Crippen LogP contribution is 2.44. The molecule has 2 fully saturated rings. The summed E-state index contributed by atoms with van der Waals surface area (Å²) in [5, 5.41) is 11.1. The van der Waals surface area contributed by atoms with Gasteiger partial charge in [0, 0.05) is 13.1 Å². The number of aliphatic hydroxyl groups excluding tert-OH is 1. The van der Waals surface area contributed by atoms with Gasteiger partial charge in [-0.3, -0.25) is 4.90 Å². The van der Waals surface area contributed by atoms with E-state index in [1.165, 1.54) is 21.0 Å². The number of piperidine rings is 1. The Bertz CT molecular complexity index is 887. The van der Waals surface area contributed by atoms with Gasteiger partial charge in [0.15, 0.2) is 11.5 Å². The van der Waals surface area contributed by atoms with Crippen LogP contribution < -0.4 is 9.47 Å². The molecule has 2 saturated heterocycles. The topological polar surface area (TPSA) is 60.4 Å². The largest absolute Gasteiger partial charge is 0.493 e. The highest BCUT2D eigenvalue weighted by molar-refractivity contribution is 5.43. The number of halogens is 1. The lowest BCUT2D eigenvalue weighted by Crippen LogP contribution is -2.52. The van der Waals surface area contributed by atoms with Crippen molar-refractivity contribution in [2.24, 2.45) is 0 Å². The van der Waals surface area contributed by atoms with Crippen LogP contribution in [0.3, 0.4) is 0 Å². The van der Waals surface area contributed by atoms with Crippen molar-refractivity contribution >= 4 is 0 Å². The molecule has 0 spiro atoms. The van der Waals surface area contributed by atoms with Crippen LogP contribution in [0.5, 0.6) is 11.5 Å². The lowest BCUT2D eigenvalue weighted by atomic mass is 9.82. The Morgan fingerprint density at radius 1 is 1.23 bits per heavy atom.